The topological polar surface area (TPSA) is 20.2 Å². The molecule has 0 heterocycles. The molecule has 0 spiro atoms. The molecule has 0 unspecified atom stereocenters. The number of allylic oxidation sites excluding steroid dienone is 1. The van der Waals surface area contributed by atoms with Crippen molar-refractivity contribution in [2.75, 3.05) is 7.11 Å². The SMILES string of the molecule is C=CCCCCCCCC.CO. The lowest BCUT2D eigenvalue weighted by atomic mass is 10.1. The van der Waals surface area contributed by atoms with Gasteiger partial charge in [0.05, 0.1) is 0 Å². The van der Waals surface area contributed by atoms with E-state index in [1.165, 1.54) is 44.9 Å². The normalized spacial score (nSPS) is 8.58. The Bertz CT molecular complexity index is 69.4. The third kappa shape index (κ3) is 16.4. The number of rotatable bonds is 7. The molecule has 0 rings (SSSR count). The first-order chi connectivity index (χ1) is 5.91. The number of aliphatic hydroxyl groups is 1. The summed E-state index contributed by atoms with van der Waals surface area (Å²) in [5, 5.41) is 7.00. The van der Waals surface area contributed by atoms with Crippen LogP contribution in [0.2, 0.25) is 0 Å². The van der Waals surface area contributed by atoms with Gasteiger partial charge in [-0.05, 0) is 12.8 Å². The predicted molar refractivity (Wildman–Crippen MR) is 56.3 cm³/mol. The molecule has 1 N–H and O–H groups in total. The molecule has 74 valence electrons. The van der Waals surface area contributed by atoms with E-state index in [1.54, 1.807) is 0 Å². The molecule has 0 aliphatic heterocycles. The van der Waals surface area contributed by atoms with E-state index in [4.69, 9.17) is 5.11 Å². The Morgan fingerprint density at radius 2 is 1.50 bits per heavy atom. The summed E-state index contributed by atoms with van der Waals surface area (Å²) in [6, 6.07) is 0. The summed E-state index contributed by atoms with van der Waals surface area (Å²) < 4.78 is 0. The zero-order chi connectivity index (χ0) is 9.66. The Kier molecular flexibility index (Phi) is 20.1. The molecule has 0 fully saturated rings. The standard InChI is InChI=1S/C10H20.CH4O/c1-3-5-7-9-10-8-6-4-2;1-2/h3H,1,4-10H2,2H3;2H,1H3. The molecule has 0 radical (unpaired) electrons. The van der Waals surface area contributed by atoms with Crippen LogP contribution in [0.4, 0.5) is 0 Å². The molecule has 0 aliphatic rings. The van der Waals surface area contributed by atoms with Gasteiger partial charge in [-0.2, -0.15) is 0 Å². The largest absolute Gasteiger partial charge is 0.400 e. The summed E-state index contributed by atoms with van der Waals surface area (Å²) in [6.45, 7) is 5.95. The van der Waals surface area contributed by atoms with E-state index in [9.17, 15) is 0 Å². The van der Waals surface area contributed by atoms with Gasteiger partial charge in [0.15, 0.2) is 0 Å². The highest BCUT2D eigenvalue weighted by molar-refractivity contribution is 4.65. The van der Waals surface area contributed by atoms with E-state index in [0.29, 0.717) is 0 Å². The molecule has 0 saturated carbocycles. The second kappa shape index (κ2) is 17.0. The first kappa shape index (κ1) is 14.2. The van der Waals surface area contributed by atoms with Crippen LogP contribution in [0.25, 0.3) is 0 Å². The molecule has 0 aromatic rings. The van der Waals surface area contributed by atoms with E-state index in [-0.39, 0.29) is 0 Å². The third-order valence-corrected chi connectivity index (χ3v) is 1.76. The van der Waals surface area contributed by atoms with Crippen molar-refractivity contribution in [1.82, 2.24) is 0 Å². The maximum absolute atomic E-state index is 7.00. The molecule has 0 bridgehead atoms. The van der Waals surface area contributed by atoms with Crippen molar-refractivity contribution in [2.24, 2.45) is 0 Å². The number of hydrogen-bond donors (Lipinski definition) is 1. The maximum atomic E-state index is 7.00. The van der Waals surface area contributed by atoms with Gasteiger partial charge in [0.25, 0.3) is 0 Å². The molecule has 1 nitrogen and oxygen atoms in total. The van der Waals surface area contributed by atoms with Crippen LogP contribution in [0, 0.1) is 0 Å². The van der Waals surface area contributed by atoms with Gasteiger partial charge in [-0.25, -0.2) is 0 Å². The fraction of sp³-hybridized carbons (Fsp3) is 0.818. The zero-order valence-corrected chi connectivity index (χ0v) is 8.68. The van der Waals surface area contributed by atoms with Gasteiger partial charge in [0.2, 0.25) is 0 Å². The lowest BCUT2D eigenvalue weighted by Crippen LogP contribution is -1.76. The first-order valence-electron chi connectivity index (χ1n) is 4.97. The van der Waals surface area contributed by atoms with Crippen molar-refractivity contribution in [2.45, 2.75) is 51.9 Å². The molecule has 0 atom stereocenters. The van der Waals surface area contributed by atoms with E-state index in [0.717, 1.165) is 7.11 Å². The predicted octanol–water partition coefficient (Wildman–Crippen LogP) is 3.53. The minimum absolute atomic E-state index is 1.00. The highest BCUT2D eigenvalue weighted by Gasteiger charge is 1.86. The summed E-state index contributed by atoms with van der Waals surface area (Å²) in [5.41, 5.74) is 0. The highest BCUT2D eigenvalue weighted by atomic mass is 16.2. The smallest absolute Gasteiger partial charge is 0.0319 e. The Morgan fingerprint density at radius 3 is 2.00 bits per heavy atom. The summed E-state index contributed by atoms with van der Waals surface area (Å²) in [7, 11) is 1.00. The van der Waals surface area contributed by atoms with E-state index < -0.39 is 0 Å². The number of aliphatic hydroxyl groups excluding tert-OH is 1. The van der Waals surface area contributed by atoms with Crippen LogP contribution in [-0.4, -0.2) is 12.2 Å². The average molecular weight is 172 g/mol. The van der Waals surface area contributed by atoms with E-state index >= 15 is 0 Å². The Labute approximate surface area is 77.5 Å². The first-order valence-corrected chi connectivity index (χ1v) is 4.97. The molecule has 0 aliphatic carbocycles. The van der Waals surface area contributed by atoms with Crippen molar-refractivity contribution < 1.29 is 5.11 Å². The monoisotopic (exact) mass is 172 g/mol. The van der Waals surface area contributed by atoms with Gasteiger partial charge < -0.3 is 5.11 Å². The van der Waals surface area contributed by atoms with Crippen LogP contribution < -0.4 is 0 Å². The molecule has 0 aromatic heterocycles. The molecular formula is C11H24O. The van der Waals surface area contributed by atoms with Gasteiger partial charge in [0.1, 0.15) is 0 Å². The quantitative estimate of drug-likeness (QED) is 0.460. The second-order valence-electron chi connectivity index (χ2n) is 2.85. The molecule has 0 aromatic carbocycles. The van der Waals surface area contributed by atoms with Gasteiger partial charge in [-0.3, -0.25) is 0 Å². The van der Waals surface area contributed by atoms with Crippen LogP contribution in [-0.2, 0) is 0 Å². The lowest BCUT2D eigenvalue weighted by molar-refractivity contribution is 0.399. The Hall–Kier alpha value is -0.300. The van der Waals surface area contributed by atoms with Crippen LogP contribution in [0.3, 0.4) is 0 Å². The third-order valence-electron chi connectivity index (χ3n) is 1.76. The van der Waals surface area contributed by atoms with Crippen LogP contribution in [0.15, 0.2) is 12.7 Å². The van der Waals surface area contributed by atoms with Crippen molar-refractivity contribution in [3.05, 3.63) is 12.7 Å². The Morgan fingerprint density at radius 1 is 1.00 bits per heavy atom. The van der Waals surface area contributed by atoms with Crippen molar-refractivity contribution in [3.8, 4) is 0 Å². The number of unbranched alkanes of at least 4 members (excludes halogenated alkanes) is 6. The lowest BCUT2D eigenvalue weighted by Gasteiger charge is -1.96. The van der Waals surface area contributed by atoms with Crippen molar-refractivity contribution in [3.63, 3.8) is 0 Å². The van der Waals surface area contributed by atoms with Crippen LogP contribution in [0.5, 0.6) is 0 Å². The summed E-state index contributed by atoms with van der Waals surface area (Å²) >= 11 is 0. The maximum Gasteiger partial charge on any atom is 0.0319 e. The molecule has 12 heavy (non-hydrogen) atoms. The van der Waals surface area contributed by atoms with Crippen molar-refractivity contribution in [1.29, 1.82) is 0 Å². The highest BCUT2D eigenvalue weighted by Crippen LogP contribution is 2.06. The molecular weight excluding hydrogens is 148 g/mol. The Balaban J connectivity index is 0. The van der Waals surface area contributed by atoms with Crippen LogP contribution in [0.1, 0.15) is 51.9 Å². The summed E-state index contributed by atoms with van der Waals surface area (Å²) in [5.74, 6) is 0. The van der Waals surface area contributed by atoms with Gasteiger partial charge in [0, 0.05) is 7.11 Å². The minimum Gasteiger partial charge on any atom is -0.400 e. The summed E-state index contributed by atoms with van der Waals surface area (Å²) in [4.78, 5) is 0. The van der Waals surface area contributed by atoms with Crippen LogP contribution >= 0.6 is 0 Å². The molecule has 1 heteroatoms. The zero-order valence-electron chi connectivity index (χ0n) is 8.68. The van der Waals surface area contributed by atoms with Gasteiger partial charge in [-0.1, -0.05) is 45.1 Å². The fourth-order valence-electron chi connectivity index (χ4n) is 1.07. The van der Waals surface area contributed by atoms with E-state index in [2.05, 4.69) is 13.5 Å². The second-order valence-corrected chi connectivity index (χ2v) is 2.85. The molecule has 0 amide bonds. The molecule has 0 saturated heterocycles. The van der Waals surface area contributed by atoms with Gasteiger partial charge >= 0.3 is 0 Å². The average Bonchev–Trinajstić information content (AvgIpc) is 2.15. The van der Waals surface area contributed by atoms with E-state index in [1.807, 2.05) is 6.08 Å². The summed E-state index contributed by atoms with van der Waals surface area (Å²) in [6.07, 6.45) is 11.6. The number of hydrogen-bond acceptors (Lipinski definition) is 1. The van der Waals surface area contributed by atoms with Crippen molar-refractivity contribution >= 4 is 0 Å². The fourth-order valence-corrected chi connectivity index (χ4v) is 1.07. The van der Waals surface area contributed by atoms with Gasteiger partial charge in [-0.15, -0.1) is 6.58 Å². The minimum atomic E-state index is 1.00.